The Morgan fingerprint density at radius 2 is 1.87 bits per heavy atom. The van der Waals surface area contributed by atoms with Gasteiger partial charge in [-0.1, -0.05) is 0 Å². The molecule has 6 nitrogen and oxygen atoms in total. The normalized spacial score (nSPS) is 16.0. The molecule has 15 heavy (non-hydrogen) atoms. The van der Waals surface area contributed by atoms with E-state index in [0.29, 0.717) is 0 Å². The zero-order chi connectivity index (χ0) is 11.6. The lowest BCUT2D eigenvalue weighted by molar-refractivity contribution is 0.552. The van der Waals surface area contributed by atoms with Crippen LogP contribution in [0.25, 0.3) is 0 Å². The van der Waals surface area contributed by atoms with Crippen molar-refractivity contribution in [3.8, 4) is 0 Å². The van der Waals surface area contributed by atoms with Gasteiger partial charge in [0.1, 0.15) is 5.82 Å². The number of aromatic nitrogens is 2. The molecule has 1 aromatic heterocycles. The molecule has 2 atom stereocenters. The number of nitrogens with zero attached hydrogens (tertiary/aromatic N) is 2. The van der Waals surface area contributed by atoms with Gasteiger partial charge >= 0.3 is 0 Å². The van der Waals surface area contributed by atoms with Crippen molar-refractivity contribution in [1.82, 2.24) is 9.97 Å². The Morgan fingerprint density at radius 1 is 1.40 bits per heavy atom. The van der Waals surface area contributed by atoms with Gasteiger partial charge in [0.05, 0.1) is 23.7 Å². The van der Waals surface area contributed by atoms with Gasteiger partial charge in [0.15, 0.2) is 5.82 Å². The number of rotatable bonds is 3. The zero-order valence-corrected chi connectivity index (χ0v) is 8.78. The van der Waals surface area contributed by atoms with E-state index in [-0.39, 0.29) is 5.82 Å². The minimum Gasteiger partial charge on any atom is -0.320 e. The molecule has 1 heterocycles. The monoisotopic (exact) mass is 234 g/mol. The molecule has 0 aliphatic heterocycles. The standard InChI is InChI=1S/C7H11FN4O2S/c1-4(15(10,13)14)6(9)7-11-2-5(8)3-12-7/h2-4,6H,9H2,1H3,(H2,10,13,14)/t4-,6-/m1/s1. The van der Waals surface area contributed by atoms with E-state index in [4.69, 9.17) is 10.9 Å². The van der Waals surface area contributed by atoms with Gasteiger partial charge in [0.2, 0.25) is 10.0 Å². The van der Waals surface area contributed by atoms with Crippen molar-refractivity contribution in [2.45, 2.75) is 18.2 Å². The Hall–Kier alpha value is -1.12. The Bertz CT molecular complexity index is 433. The van der Waals surface area contributed by atoms with E-state index in [1.165, 1.54) is 6.92 Å². The molecule has 0 unspecified atom stereocenters. The lowest BCUT2D eigenvalue weighted by Gasteiger charge is -2.15. The first-order valence-corrected chi connectivity index (χ1v) is 5.68. The van der Waals surface area contributed by atoms with Crippen LogP contribution in [0.15, 0.2) is 12.4 Å². The van der Waals surface area contributed by atoms with E-state index >= 15 is 0 Å². The molecule has 4 N–H and O–H groups in total. The van der Waals surface area contributed by atoms with Crippen LogP contribution < -0.4 is 10.9 Å². The van der Waals surface area contributed by atoms with Crippen LogP contribution in [-0.2, 0) is 10.0 Å². The molecule has 0 bridgehead atoms. The number of nitrogens with two attached hydrogens (primary N) is 2. The third kappa shape index (κ3) is 2.91. The second-order valence-corrected chi connectivity index (χ2v) is 5.00. The second-order valence-electron chi connectivity index (χ2n) is 3.08. The summed E-state index contributed by atoms with van der Waals surface area (Å²) in [5, 5.41) is 3.88. The molecule has 1 aromatic rings. The summed E-state index contributed by atoms with van der Waals surface area (Å²) in [6.07, 6.45) is 1.83. The van der Waals surface area contributed by atoms with Crippen LogP contribution in [-0.4, -0.2) is 23.6 Å². The van der Waals surface area contributed by atoms with Crippen LogP contribution in [0, 0.1) is 5.82 Å². The van der Waals surface area contributed by atoms with Gasteiger partial charge in [0.25, 0.3) is 0 Å². The summed E-state index contributed by atoms with van der Waals surface area (Å²) in [6, 6.07) is -0.972. The average Bonchev–Trinajstić information content (AvgIpc) is 2.15. The first-order valence-electron chi connectivity index (χ1n) is 4.07. The fourth-order valence-corrected chi connectivity index (χ4v) is 1.44. The number of hydrogen-bond donors (Lipinski definition) is 2. The van der Waals surface area contributed by atoms with Crippen molar-refractivity contribution >= 4 is 10.0 Å². The quantitative estimate of drug-likeness (QED) is 0.717. The lowest BCUT2D eigenvalue weighted by atomic mass is 10.2. The van der Waals surface area contributed by atoms with E-state index < -0.39 is 27.1 Å². The molecule has 0 saturated carbocycles. The first kappa shape index (κ1) is 12.0. The zero-order valence-electron chi connectivity index (χ0n) is 7.96. The maximum Gasteiger partial charge on any atom is 0.213 e. The summed E-state index contributed by atoms with van der Waals surface area (Å²) in [7, 11) is -3.76. The van der Waals surface area contributed by atoms with Crippen molar-refractivity contribution in [1.29, 1.82) is 0 Å². The van der Waals surface area contributed by atoms with Gasteiger partial charge in [-0.3, -0.25) is 0 Å². The Morgan fingerprint density at radius 3 is 2.27 bits per heavy atom. The van der Waals surface area contributed by atoms with Crippen LogP contribution in [0.5, 0.6) is 0 Å². The maximum absolute atomic E-state index is 12.5. The third-order valence-corrected chi connectivity index (χ3v) is 3.29. The number of hydrogen-bond acceptors (Lipinski definition) is 5. The molecule has 0 saturated heterocycles. The summed E-state index contributed by atoms with van der Waals surface area (Å²) in [4.78, 5) is 7.16. The highest BCUT2D eigenvalue weighted by Crippen LogP contribution is 2.13. The van der Waals surface area contributed by atoms with Crippen molar-refractivity contribution in [2.24, 2.45) is 10.9 Å². The van der Waals surface area contributed by atoms with E-state index in [2.05, 4.69) is 9.97 Å². The van der Waals surface area contributed by atoms with Crippen LogP contribution in [0.2, 0.25) is 0 Å². The van der Waals surface area contributed by atoms with Crippen LogP contribution >= 0.6 is 0 Å². The lowest BCUT2D eigenvalue weighted by Crippen LogP contribution is -2.36. The topological polar surface area (TPSA) is 112 Å². The van der Waals surface area contributed by atoms with Crippen molar-refractivity contribution in [3.05, 3.63) is 24.0 Å². The molecule has 0 fully saturated rings. The highest BCUT2D eigenvalue weighted by Gasteiger charge is 2.26. The second kappa shape index (κ2) is 4.17. The van der Waals surface area contributed by atoms with Gasteiger partial charge in [-0.2, -0.15) is 0 Å². The number of halogens is 1. The van der Waals surface area contributed by atoms with Crippen molar-refractivity contribution < 1.29 is 12.8 Å². The molecule has 1 rings (SSSR count). The smallest absolute Gasteiger partial charge is 0.213 e. The summed E-state index contributed by atoms with van der Waals surface area (Å²) in [5.74, 6) is -0.577. The largest absolute Gasteiger partial charge is 0.320 e. The third-order valence-electron chi connectivity index (χ3n) is 1.96. The van der Waals surface area contributed by atoms with Crippen LogP contribution in [0.1, 0.15) is 18.8 Å². The molecule has 0 amide bonds. The molecular formula is C7H11FN4O2S. The van der Waals surface area contributed by atoms with E-state index in [0.717, 1.165) is 12.4 Å². The average molecular weight is 234 g/mol. The van der Waals surface area contributed by atoms with Gasteiger partial charge in [-0.25, -0.2) is 27.9 Å². The maximum atomic E-state index is 12.5. The predicted octanol–water partition coefficient (Wildman–Crippen LogP) is -0.707. The Kier molecular flexibility index (Phi) is 3.32. The number of sulfonamides is 1. The molecule has 0 radical (unpaired) electrons. The number of primary sulfonamides is 1. The van der Waals surface area contributed by atoms with Gasteiger partial charge in [-0.15, -0.1) is 0 Å². The minimum atomic E-state index is -3.76. The molecule has 0 aliphatic carbocycles. The van der Waals surface area contributed by atoms with E-state index in [1.807, 2.05) is 0 Å². The van der Waals surface area contributed by atoms with Gasteiger partial charge < -0.3 is 5.73 Å². The molecule has 8 heteroatoms. The molecule has 0 aromatic carbocycles. The summed E-state index contributed by atoms with van der Waals surface area (Å²) in [5.41, 5.74) is 5.57. The summed E-state index contributed by atoms with van der Waals surface area (Å²) < 4.78 is 34.4. The Labute approximate surface area is 86.6 Å². The predicted molar refractivity (Wildman–Crippen MR) is 51.5 cm³/mol. The fraction of sp³-hybridized carbons (Fsp3) is 0.429. The Balaban J connectivity index is 2.95. The molecular weight excluding hydrogens is 223 g/mol. The molecule has 0 aliphatic rings. The molecule has 84 valence electrons. The van der Waals surface area contributed by atoms with Gasteiger partial charge in [-0.05, 0) is 6.92 Å². The van der Waals surface area contributed by atoms with Crippen molar-refractivity contribution in [2.75, 3.05) is 0 Å². The fourth-order valence-electron chi connectivity index (χ4n) is 0.909. The minimum absolute atomic E-state index is 0.0397. The van der Waals surface area contributed by atoms with Crippen molar-refractivity contribution in [3.63, 3.8) is 0 Å². The SMILES string of the molecule is C[C@H]([C@@H](N)c1ncc(F)cn1)S(N)(=O)=O. The first-order chi connectivity index (χ1) is 6.82. The van der Waals surface area contributed by atoms with Crippen LogP contribution in [0.3, 0.4) is 0 Å². The van der Waals surface area contributed by atoms with E-state index in [9.17, 15) is 12.8 Å². The van der Waals surface area contributed by atoms with E-state index in [1.54, 1.807) is 0 Å². The summed E-state index contributed by atoms with van der Waals surface area (Å²) in [6.45, 7) is 1.34. The highest BCUT2D eigenvalue weighted by atomic mass is 32.2. The highest BCUT2D eigenvalue weighted by molar-refractivity contribution is 7.89. The summed E-state index contributed by atoms with van der Waals surface area (Å²) >= 11 is 0. The molecule has 0 spiro atoms. The van der Waals surface area contributed by atoms with Crippen LogP contribution in [0.4, 0.5) is 4.39 Å². The van der Waals surface area contributed by atoms with Gasteiger partial charge in [0, 0.05) is 0 Å².